The quantitative estimate of drug-likeness (QED) is 0.448. The molecule has 1 amide bonds. The van der Waals surface area contributed by atoms with Gasteiger partial charge in [0.05, 0.1) is 23.8 Å². The summed E-state index contributed by atoms with van der Waals surface area (Å²) in [5, 5.41) is 5.88. The number of hydrogen-bond acceptors (Lipinski definition) is 3. The lowest BCUT2D eigenvalue weighted by Gasteiger charge is -2.10. The maximum atomic E-state index is 12.3. The third kappa shape index (κ3) is 4.02. The SMILES string of the molecule is COc1ccc2c3ccnc(C)c3n(CCNC(=O)/C=C/c3cccc(Cl)c3)c2c1. The molecule has 0 unspecified atom stereocenters. The summed E-state index contributed by atoms with van der Waals surface area (Å²) in [6, 6.07) is 15.4. The van der Waals surface area contributed by atoms with Crippen molar-refractivity contribution in [3.63, 3.8) is 0 Å². The highest BCUT2D eigenvalue weighted by molar-refractivity contribution is 6.30. The Bertz CT molecular complexity index is 1260. The number of benzene rings is 2. The number of rotatable bonds is 6. The lowest BCUT2D eigenvalue weighted by Crippen LogP contribution is -2.25. The molecule has 152 valence electrons. The van der Waals surface area contributed by atoms with E-state index < -0.39 is 0 Å². The first-order valence-corrected chi connectivity index (χ1v) is 10.1. The number of hydrogen-bond donors (Lipinski definition) is 1. The third-order valence-corrected chi connectivity index (χ3v) is 5.31. The van der Waals surface area contributed by atoms with Crippen LogP contribution in [0.1, 0.15) is 11.3 Å². The van der Waals surface area contributed by atoms with E-state index in [1.807, 2.05) is 49.5 Å². The predicted molar refractivity (Wildman–Crippen MR) is 122 cm³/mol. The highest BCUT2D eigenvalue weighted by atomic mass is 35.5. The summed E-state index contributed by atoms with van der Waals surface area (Å²) in [6.07, 6.45) is 5.10. The molecule has 4 rings (SSSR count). The van der Waals surface area contributed by atoms with Crippen LogP contribution in [-0.4, -0.2) is 29.1 Å². The van der Waals surface area contributed by atoms with Gasteiger partial charge in [-0.1, -0.05) is 23.7 Å². The van der Waals surface area contributed by atoms with Crippen molar-refractivity contribution in [1.82, 2.24) is 14.9 Å². The Hall–Kier alpha value is -3.31. The number of fused-ring (bicyclic) bond motifs is 3. The third-order valence-electron chi connectivity index (χ3n) is 5.07. The molecule has 0 fully saturated rings. The van der Waals surface area contributed by atoms with Gasteiger partial charge in [-0.2, -0.15) is 0 Å². The number of ether oxygens (including phenoxy) is 1. The van der Waals surface area contributed by atoms with Crippen LogP contribution in [-0.2, 0) is 11.3 Å². The maximum absolute atomic E-state index is 12.3. The van der Waals surface area contributed by atoms with E-state index in [1.54, 1.807) is 19.3 Å². The summed E-state index contributed by atoms with van der Waals surface area (Å²) in [4.78, 5) is 16.7. The summed E-state index contributed by atoms with van der Waals surface area (Å²) in [6.45, 7) is 3.11. The largest absolute Gasteiger partial charge is 0.497 e. The minimum atomic E-state index is -0.150. The number of halogens is 1. The van der Waals surface area contributed by atoms with E-state index in [9.17, 15) is 4.79 Å². The van der Waals surface area contributed by atoms with E-state index in [0.717, 1.165) is 38.8 Å². The van der Waals surface area contributed by atoms with E-state index in [1.165, 1.54) is 6.08 Å². The average molecular weight is 420 g/mol. The number of aryl methyl sites for hydroxylation is 1. The first kappa shape index (κ1) is 20.0. The molecule has 30 heavy (non-hydrogen) atoms. The minimum Gasteiger partial charge on any atom is -0.497 e. The second kappa shape index (κ2) is 8.59. The molecule has 1 N–H and O–H groups in total. The van der Waals surface area contributed by atoms with Gasteiger partial charge in [0, 0.05) is 47.2 Å². The molecule has 2 aromatic heterocycles. The van der Waals surface area contributed by atoms with E-state index >= 15 is 0 Å². The lowest BCUT2D eigenvalue weighted by molar-refractivity contribution is -0.116. The monoisotopic (exact) mass is 419 g/mol. The molecule has 0 aliphatic rings. The zero-order valence-corrected chi connectivity index (χ0v) is 17.6. The summed E-state index contributed by atoms with van der Waals surface area (Å²) in [7, 11) is 1.66. The lowest BCUT2D eigenvalue weighted by atomic mass is 10.1. The summed E-state index contributed by atoms with van der Waals surface area (Å²) < 4.78 is 7.60. The van der Waals surface area contributed by atoms with Crippen LogP contribution in [0.3, 0.4) is 0 Å². The fourth-order valence-corrected chi connectivity index (χ4v) is 3.89. The second-order valence-electron chi connectivity index (χ2n) is 7.01. The van der Waals surface area contributed by atoms with Crippen LogP contribution >= 0.6 is 11.6 Å². The highest BCUT2D eigenvalue weighted by Crippen LogP contribution is 2.32. The zero-order valence-electron chi connectivity index (χ0n) is 16.9. The molecule has 0 spiro atoms. The average Bonchev–Trinajstić information content (AvgIpc) is 3.06. The Morgan fingerprint density at radius 1 is 1.20 bits per heavy atom. The summed E-state index contributed by atoms with van der Waals surface area (Å²) in [5.74, 6) is 0.647. The predicted octanol–water partition coefficient (Wildman–Crippen LogP) is 4.99. The van der Waals surface area contributed by atoms with Gasteiger partial charge in [0.1, 0.15) is 5.75 Å². The van der Waals surface area contributed by atoms with Crippen molar-refractivity contribution in [2.45, 2.75) is 13.5 Å². The molecule has 6 heteroatoms. The Morgan fingerprint density at radius 2 is 2.07 bits per heavy atom. The Morgan fingerprint density at radius 3 is 2.87 bits per heavy atom. The highest BCUT2D eigenvalue weighted by Gasteiger charge is 2.13. The molecule has 0 saturated carbocycles. The van der Waals surface area contributed by atoms with Gasteiger partial charge >= 0.3 is 0 Å². The standard InChI is InChI=1S/C24H22ClN3O2/c1-16-24-21(10-11-26-16)20-8-7-19(30-2)15-22(20)28(24)13-12-27-23(29)9-6-17-4-3-5-18(25)14-17/h3-11,14-15H,12-13H2,1-2H3,(H,27,29)/b9-6+. The molecule has 2 aromatic carbocycles. The van der Waals surface area contributed by atoms with Gasteiger partial charge in [-0.25, -0.2) is 0 Å². The number of pyridine rings is 1. The molecule has 0 aliphatic heterocycles. The molecule has 2 heterocycles. The molecule has 0 atom stereocenters. The second-order valence-corrected chi connectivity index (χ2v) is 7.44. The van der Waals surface area contributed by atoms with Gasteiger partial charge in [0.2, 0.25) is 5.91 Å². The smallest absolute Gasteiger partial charge is 0.244 e. The molecule has 0 saturated heterocycles. The van der Waals surface area contributed by atoms with E-state index in [-0.39, 0.29) is 5.91 Å². The fraction of sp³-hybridized carbons (Fsp3) is 0.167. The van der Waals surface area contributed by atoms with Crippen molar-refractivity contribution >= 4 is 45.4 Å². The van der Waals surface area contributed by atoms with Crippen molar-refractivity contribution in [2.24, 2.45) is 0 Å². The number of aromatic nitrogens is 2. The Labute approximate surface area is 179 Å². The van der Waals surface area contributed by atoms with Crippen molar-refractivity contribution in [3.05, 3.63) is 77.1 Å². The van der Waals surface area contributed by atoms with Gasteiger partial charge in [-0.05, 0) is 48.9 Å². The number of carbonyl (C=O) groups is 1. The first-order valence-electron chi connectivity index (χ1n) is 9.70. The molecule has 0 radical (unpaired) electrons. The van der Waals surface area contributed by atoms with Crippen LogP contribution in [0.4, 0.5) is 0 Å². The molecular weight excluding hydrogens is 398 g/mol. The molecule has 4 aromatic rings. The first-order chi connectivity index (χ1) is 14.6. The molecule has 0 aliphatic carbocycles. The topological polar surface area (TPSA) is 56.1 Å². The zero-order chi connectivity index (χ0) is 21.1. The van der Waals surface area contributed by atoms with Crippen molar-refractivity contribution in [3.8, 4) is 5.75 Å². The van der Waals surface area contributed by atoms with Crippen molar-refractivity contribution in [1.29, 1.82) is 0 Å². The van der Waals surface area contributed by atoms with Gasteiger partial charge in [0.15, 0.2) is 0 Å². The van der Waals surface area contributed by atoms with Crippen LogP contribution in [0.15, 0.2) is 60.8 Å². The normalized spacial score (nSPS) is 11.4. The number of nitrogens with zero attached hydrogens (tertiary/aromatic N) is 2. The van der Waals surface area contributed by atoms with Crippen LogP contribution in [0.2, 0.25) is 5.02 Å². The van der Waals surface area contributed by atoms with Gasteiger partial charge < -0.3 is 14.6 Å². The van der Waals surface area contributed by atoms with E-state index in [4.69, 9.17) is 16.3 Å². The van der Waals surface area contributed by atoms with E-state index in [2.05, 4.69) is 20.9 Å². The molecular formula is C24H22ClN3O2. The maximum Gasteiger partial charge on any atom is 0.244 e. The molecule has 0 bridgehead atoms. The number of methoxy groups -OCH3 is 1. The number of carbonyl (C=O) groups excluding carboxylic acids is 1. The van der Waals surface area contributed by atoms with Gasteiger partial charge in [-0.3, -0.25) is 9.78 Å². The summed E-state index contributed by atoms with van der Waals surface area (Å²) in [5.41, 5.74) is 3.97. The number of amides is 1. The summed E-state index contributed by atoms with van der Waals surface area (Å²) >= 11 is 5.98. The van der Waals surface area contributed by atoms with Crippen LogP contribution in [0.25, 0.3) is 27.9 Å². The van der Waals surface area contributed by atoms with Gasteiger partial charge in [-0.15, -0.1) is 0 Å². The Balaban J connectivity index is 1.55. The Kier molecular flexibility index (Phi) is 5.72. The van der Waals surface area contributed by atoms with Crippen molar-refractivity contribution < 1.29 is 9.53 Å². The van der Waals surface area contributed by atoms with Crippen molar-refractivity contribution in [2.75, 3.05) is 13.7 Å². The minimum absolute atomic E-state index is 0.150. The van der Waals surface area contributed by atoms with Crippen LogP contribution < -0.4 is 10.1 Å². The van der Waals surface area contributed by atoms with Crippen LogP contribution in [0, 0.1) is 6.92 Å². The van der Waals surface area contributed by atoms with E-state index in [0.29, 0.717) is 18.1 Å². The number of nitrogens with one attached hydrogen (secondary N) is 1. The molecule has 5 nitrogen and oxygen atoms in total. The fourth-order valence-electron chi connectivity index (χ4n) is 3.69. The van der Waals surface area contributed by atoms with Gasteiger partial charge in [0.25, 0.3) is 0 Å². The van der Waals surface area contributed by atoms with Crippen LogP contribution in [0.5, 0.6) is 5.75 Å².